The molecule has 2 bridgehead atoms. The number of hydrogen-bond donors (Lipinski definition) is 1. The van der Waals surface area contributed by atoms with E-state index < -0.39 is 22.6 Å². The highest BCUT2D eigenvalue weighted by Crippen LogP contribution is 2.66. The summed E-state index contributed by atoms with van der Waals surface area (Å²) < 4.78 is 4.67. The third-order valence-electron chi connectivity index (χ3n) is 6.38. The lowest BCUT2D eigenvalue weighted by Crippen LogP contribution is -2.55. The van der Waals surface area contributed by atoms with Crippen molar-refractivity contribution in [1.29, 1.82) is 0 Å². The quantitative estimate of drug-likeness (QED) is 0.422. The molecule has 3 rings (SSSR count). The zero-order chi connectivity index (χ0) is 21.2. The Balaban J connectivity index is 1.97. The van der Waals surface area contributed by atoms with Crippen molar-refractivity contribution >= 4 is 29.5 Å². The topological polar surface area (TPSA) is 87.2 Å². The number of rotatable bonds is 10. The van der Waals surface area contributed by atoms with Crippen molar-refractivity contribution < 1.29 is 24.2 Å². The highest BCUT2D eigenvalue weighted by molar-refractivity contribution is 8.02. The standard InChI is InChI=1S/C21H32N2O5S/c1-4-7-11-22(10-5-2)19(26)17-21-9-8-14(29-21)15(20(27)28-6-3)16(21)18(25)23(17)12-13-24/h5,14-17,24H,2,4,6-13H2,1,3H3/t14-,15+,16-,17?,21?/m0/s1. The van der Waals surface area contributed by atoms with E-state index in [0.717, 1.165) is 25.7 Å². The lowest BCUT2D eigenvalue weighted by atomic mass is 9.71. The Morgan fingerprint density at radius 1 is 1.45 bits per heavy atom. The first-order valence-corrected chi connectivity index (χ1v) is 11.5. The molecule has 0 aromatic heterocycles. The molecule has 3 saturated heterocycles. The maximum atomic E-state index is 13.7. The van der Waals surface area contributed by atoms with Gasteiger partial charge in [0.1, 0.15) is 6.04 Å². The zero-order valence-electron chi connectivity index (χ0n) is 17.3. The van der Waals surface area contributed by atoms with Gasteiger partial charge in [0.25, 0.3) is 0 Å². The summed E-state index contributed by atoms with van der Waals surface area (Å²) in [6, 6.07) is -0.654. The van der Waals surface area contributed by atoms with E-state index in [0.29, 0.717) is 13.1 Å². The number of aliphatic hydroxyl groups is 1. The van der Waals surface area contributed by atoms with Crippen LogP contribution in [0.15, 0.2) is 12.7 Å². The molecule has 3 heterocycles. The highest BCUT2D eigenvalue weighted by atomic mass is 32.2. The largest absolute Gasteiger partial charge is 0.466 e. The predicted molar refractivity (Wildman–Crippen MR) is 111 cm³/mol. The molecule has 2 unspecified atom stereocenters. The number of amides is 2. The van der Waals surface area contributed by atoms with Crippen molar-refractivity contribution in [3.05, 3.63) is 12.7 Å². The van der Waals surface area contributed by atoms with E-state index >= 15 is 0 Å². The number of fused-ring (bicyclic) bond motifs is 1. The van der Waals surface area contributed by atoms with Gasteiger partial charge in [-0.05, 0) is 26.2 Å². The van der Waals surface area contributed by atoms with E-state index in [1.807, 2.05) is 0 Å². The molecule has 0 radical (unpaired) electrons. The summed E-state index contributed by atoms with van der Waals surface area (Å²) in [5.41, 5.74) is 0. The number of ether oxygens (including phenoxy) is 1. The van der Waals surface area contributed by atoms with Gasteiger partial charge in [0.2, 0.25) is 11.8 Å². The average molecular weight is 425 g/mol. The van der Waals surface area contributed by atoms with Crippen LogP contribution in [0.4, 0.5) is 0 Å². The van der Waals surface area contributed by atoms with Crippen molar-refractivity contribution in [2.75, 3.05) is 32.8 Å². The second-order valence-corrected chi connectivity index (χ2v) is 9.59. The van der Waals surface area contributed by atoms with Crippen LogP contribution >= 0.6 is 11.8 Å². The fourth-order valence-corrected chi connectivity index (χ4v) is 7.46. The maximum Gasteiger partial charge on any atom is 0.310 e. The fraction of sp³-hybridized carbons (Fsp3) is 0.762. The van der Waals surface area contributed by atoms with Crippen LogP contribution in [0.25, 0.3) is 0 Å². The van der Waals surface area contributed by atoms with Gasteiger partial charge in [-0.25, -0.2) is 0 Å². The molecule has 5 atom stereocenters. The summed E-state index contributed by atoms with van der Waals surface area (Å²) >= 11 is 1.62. The van der Waals surface area contributed by atoms with Crippen molar-refractivity contribution in [2.24, 2.45) is 11.8 Å². The minimum Gasteiger partial charge on any atom is -0.466 e. The molecule has 3 aliphatic heterocycles. The zero-order valence-corrected chi connectivity index (χ0v) is 18.2. The van der Waals surface area contributed by atoms with Gasteiger partial charge in [0.05, 0.1) is 29.8 Å². The Bertz CT molecular complexity index is 671. The van der Waals surface area contributed by atoms with E-state index in [9.17, 15) is 19.5 Å². The fourth-order valence-electron chi connectivity index (χ4n) is 5.26. The molecule has 29 heavy (non-hydrogen) atoms. The van der Waals surface area contributed by atoms with E-state index in [-0.39, 0.29) is 42.8 Å². The van der Waals surface area contributed by atoms with Crippen LogP contribution < -0.4 is 0 Å². The number of unbranched alkanes of at least 4 members (excludes halogenated alkanes) is 1. The van der Waals surface area contributed by atoms with Gasteiger partial charge >= 0.3 is 5.97 Å². The lowest BCUT2D eigenvalue weighted by molar-refractivity contribution is -0.153. The number of carbonyl (C=O) groups is 3. The van der Waals surface area contributed by atoms with Crippen LogP contribution in [0.3, 0.4) is 0 Å². The van der Waals surface area contributed by atoms with Gasteiger partial charge < -0.3 is 19.6 Å². The first-order valence-electron chi connectivity index (χ1n) is 10.6. The van der Waals surface area contributed by atoms with Crippen molar-refractivity contribution in [2.45, 2.75) is 55.6 Å². The number of hydrogen-bond acceptors (Lipinski definition) is 6. The van der Waals surface area contributed by atoms with Gasteiger partial charge in [0, 0.05) is 24.9 Å². The molecule has 0 aromatic rings. The minimum absolute atomic E-state index is 0.0121. The summed E-state index contributed by atoms with van der Waals surface area (Å²) in [4.78, 5) is 43.0. The van der Waals surface area contributed by atoms with Crippen molar-refractivity contribution in [3.8, 4) is 0 Å². The number of likely N-dealkylation sites (tertiary alicyclic amines) is 1. The summed E-state index contributed by atoms with van der Waals surface area (Å²) in [6.45, 7) is 8.79. The Hall–Kier alpha value is -1.54. The van der Waals surface area contributed by atoms with Gasteiger partial charge in [0.15, 0.2) is 0 Å². The molecule has 2 amide bonds. The van der Waals surface area contributed by atoms with Gasteiger partial charge in [-0.3, -0.25) is 14.4 Å². The summed E-state index contributed by atoms with van der Waals surface area (Å²) in [6.07, 6.45) is 5.06. The number of carbonyl (C=O) groups excluding carboxylic acids is 3. The van der Waals surface area contributed by atoms with Crippen LogP contribution in [0.5, 0.6) is 0 Å². The smallest absolute Gasteiger partial charge is 0.310 e. The number of thioether (sulfide) groups is 1. The third-order valence-corrected chi connectivity index (χ3v) is 8.33. The first-order chi connectivity index (χ1) is 14.0. The predicted octanol–water partition coefficient (Wildman–Crippen LogP) is 1.45. The second-order valence-electron chi connectivity index (χ2n) is 7.99. The third kappa shape index (κ3) is 3.58. The van der Waals surface area contributed by atoms with Crippen molar-refractivity contribution in [3.63, 3.8) is 0 Å². The molecule has 162 valence electrons. The second kappa shape index (κ2) is 9.08. The molecular formula is C21H32N2O5S. The van der Waals surface area contributed by atoms with Gasteiger partial charge in [-0.15, -0.1) is 18.3 Å². The summed E-state index contributed by atoms with van der Waals surface area (Å²) in [5.74, 6) is -1.69. The van der Waals surface area contributed by atoms with Crippen LogP contribution in [0.1, 0.15) is 39.5 Å². The van der Waals surface area contributed by atoms with E-state index in [1.165, 1.54) is 4.90 Å². The van der Waals surface area contributed by atoms with Crippen LogP contribution in [-0.4, -0.2) is 81.6 Å². The molecule has 7 nitrogen and oxygen atoms in total. The number of aliphatic hydroxyl groups excluding tert-OH is 1. The van der Waals surface area contributed by atoms with E-state index in [4.69, 9.17) is 4.74 Å². The molecule has 0 aromatic carbocycles. The normalized spacial score (nSPS) is 32.4. The summed E-state index contributed by atoms with van der Waals surface area (Å²) in [5, 5.41) is 9.60. The molecule has 0 aliphatic carbocycles. The molecule has 3 aliphatic rings. The van der Waals surface area contributed by atoms with Gasteiger partial charge in [-0.1, -0.05) is 19.4 Å². The molecule has 3 fully saturated rings. The van der Waals surface area contributed by atoms with E-state index in [1.54, 1.807) is 29.7 Å². The molecular weight excluding hydrogens is 392 g/mol. The van der Waals surface area contributed by atoms with Crippen LogP contribution in [-0.2, 0) is 19.1 Å². The molecule has 8 heteroatoms. The Labute approximate surface area is 176 Å². The summed E-state index contributed by atoms with van der Waals surface area (Å²) in [7, 11) is 0. The van der Waals surface area contributed by atoms with Crippen LogP contribution in [0.2, 0.25) is 0 Å². The Morgan fingerprint density at radius 2 is 2.21 bits per heavy atom. The maximum absolute atomic E-state index is 13.7. The Kier molecular flexibility index (Phi) is 6.94. The SMILES string of the molecule is C=CCN(CCCC)C(=O)C1N(CCO)C(=O)[C@@H]2[C@H](C(=O)OCC)[C@@H]3CCC12S3. The average Bonchev–Trinajstić information content (AvgIpc) is 3.33. The minimum atomic E-state index is -0.654. The van der Waals surface area contributed by atoms with E-state index in [2.05, 4.69) is 13.5 Å². The van der Waals surface area contributed by atoms with Gasteiger partial charge in [-0.2, -0.15) is 0 Å². The van der Waals surface area contributed by atoms with Crippen molar-refractivity contribution in [1.82, 2.24) is 9.80 Å². The molecule has 0 saturated carbocycles. The molecule has 1 N–H and O–H groups in total. The lowest BCUT2D eigenvalue weighted by Gasteiger charge is -2.37. The monoisotopic (exact) mass is 424 g/mol. The number of β-amino-alcohol motifs (C(OH)–C–C–N with tert-alkyl or cyclic N) is 1. The highest BCUT2D eigenvalue weighted by Gasteiger charge is 2.74. The first kappa shape index (κ1) is 22.2. The number of nitrogens with zero attached hydrogens (tertiary/aromatic N) is 2. The Morgan fingerprint density at radius 3 is 2.83 bits per heavy atom. The van der Waals surface area contributed by atoms with Crippen LogP contribution in [0, 0.1) is 11.8 Å². The number of esters is 1. The molecule has 1 spiro atoms.